The lowest BCUT2D eigenvalue weighted by Gasteiger charge is -2.29. The number of halogens is 2. The first-order chi connectivity index (χ1) is 39.7. The van der Waals surface area contributed by atoms with Gasteiger partial charge in [0.25, 0.3) is 0 Å². The Hall–Kier alpha value is -8.66. The van der Waals surface area contributed by atoms with Crippen molar-refractivity contribution in [2.75, 3.05) is 13.2 Å². The topological polar surface area (TPSA) is 249 Å². The SMILES string of the molecule is Cc1c(COc2cc(OCc3cncc(C#N)c3)c(CNC(CO)(Cc3ccccc3)C(=O)O)cc2Cl)cccc1-c1cccc(COc2cc(OCc3cncc(C=N)c3)c(CNC(CO)(Cc3ccccc3)C(=O)O)cc2Cl)c1C. The number of hydrogen-bond donors (Lipinski definition) is 7. The number of nitrogens with zero attached hydrogens (tertiary/aromatic N) is 3. The Morgan fingerprint density at radius 1 is 0.561 bits per heavy atom. The highest BCUT2D eigenvalue weighted by atomic mass is 35.5. The Morgan fingerprint density at radius 3 is 1.43 bits per heavy atom. The van der Waals surface area contributed by atoms with Gasteiger partial charge in [0.15, 0.2) is 0 Å². The minimum Gasteiger partial charge on any atom is -0.488 e. The van der Waals surface area contributed by atoms with Crippen LogP contribution in [0.2, 0.25) is 10.0 Å². The van der Waals surface area contributed by atoms with Crippen molar-refractivity contribution >= 4 is 41.4 Å². The van der Waals surface area contributed by atoms with Crippen molar-refractivity contribution in [1.29, 1.82) is 10.7 Å². The van der Waals surface area contributed by atoms with Crippen molar-refractivity contribution in [3.05, 3.63) is 235 Å². The molecule has 0 aliphatic rings. The Balaban J connectivity index is 1.02. The van der Waals surface area contributed by atoms with Gasteiger partial charge in [0.05, 0.1) is 28.8 Å². The van der Waals surface area contributed by atoms with E-state index < -0.39 is 36.2 Å². The van der Waals surface area contributed by atoms with E-state index in [9.17, 15) is 35.3 Å². The average Bonchev–Trinajstić information content (AvgIpc) is 3.70. The van der Waals surface area contributed by atoms with E-state index in [0.717, 1.165) is 38.9 Å². The van der Waals surface area contributed by atoms with Crippen LogP contribution in [0.1, 0.15) is 66.8 Å². The highest BCUT2D eigenvalue weighted by Gasteiger charge is 2.39. The van der Waals surface area contributed by atoms with Crippen molar-refractivity contribution in [1.82, 2.24) is 20.6 Å². The second-order valence-electron chi connectivity index (χ2n) is 19.7. The van der Waals surface area contributed by atoms with Gasteiger partial charge in [0.2, 0.25) is 0 Å². The molecule has 8 aromatic rings. The number of pyridine rings is 2. The van der Waals surface area contributed by atoms with E-state index in [-0.39, 0.29) is 62.4 Å². The summed E-state index contributed by atoms with van der Waals surface area (Å²) >= 11 is 13.9. The lowest BCUT2D eigenvalue weighted by molar-refractivity contribution is -0.147. The maximum absolute atomic E-state index is 12.8. The smallest absolute Gasteiger partial charge is 0.326 e. The van der Waals surface area contributed by atoms with Gasteiger partial charge >= 0.3 is 11.9 Å². The number of benzene rings is 6. The van der Waals surface area contributed by atoms with E-state index >= 15 is 0 Å². The summed E-state index contributed by atoms with van der Waals surface area (Å²) in [5.74, 6) is -1.18. The molecular weight excluding hydrogens is 1080 g/mol. The summed E-state index contributed by atoms with van der Waals surface area (Å²) in [7, 11) is 0. The molecule has 0 aliphatic heterocycles. The summed E-state index contributed by atoms with van der Waals surface area (Å²) in [5, 5.41) is 65.7. The van der Waals surface area contributed by atoms with Crippen LogP contribution in [0.5, 0.6) is 23.0 Å². The largest absolute Gasteiger partial charge is 0.488 e. The molecule has 8 rings (SSSR count). The van der Waals surface area contributed by atoms with Gasteiger partial charge in [0.1, 0.15) is 66.6 Å². The number of rotatable bonds is 28. The molecule has 16 nitrogen and oxygen atoms in total. The highest BCUT2D eigenvalue weighted by molar-refractivity contribution is 6.32. The molecule has 0 aliphatic carbocycles. The van der Waals surface area contributed by atoms with Crippen molar-refractivity contribution in [2.24, 2.45) is 0 Å². The number of aromatic nitrogens is 2. The van der Waals surface area contributed by atoms with Gasteiger partial charge in [-0.25, -0.2) is 0 Å². The average molecular weight is 1140 g/mol. The molecule has 2 heterocycles. The van der Waals surface area contributed by atoms with Crippen LogP contribution in [-0.4, -0.2) is 72.8 Å². The summed E-state index contributed by atoms with van der Waals surface area (Å²) in [4.78, 5) is 33.9. The molecule has 2 unspecified atom stereocenters. The second kappa shape index (κ2) is 27.7. The molecule has 0 saturated carbocycles. The maximum Gasteiger partial charge on any atom is 0.326 e. The fraction of sp³-hybridized carbons (Fsp3) is 0.219. The van der Waals surface area contributed by atoms with Gasteiger partial charge in [0, 0.05) is 96.9 Å². The van der Waals surface area contributed by atoms with Crippen LogP contribution in [-0.2, 0) is 61.9 Å². The van der Waals surface area contributed by atoms with Crippen LogP contribution in [0.4, 0.5) is 0 Å². The summed E-state index contributed by atoms with van der Waals surface area (Å²) in [6, 6.07) is 42.0. The van der Waals surface area contributed by atoms with Crippen LogP contribution in [0.3, 0.4) is 0 Å². The van der Waals surface area contributed by atoms with E-state index in [1.54, 1.807) is 104 Å². The lowest BCUT2D eigenvalue weighted by atomic mass is 9.91. The summed E-state index contributed by atoms with van der Waals surface area (Å²) < 4.78 is 25.6. The van der Waals surface area contributed by atoms with Crippen molar-refractivity contribution in [3.63, 3.8) is 0 Å². The van der Waals surface area contributed by atoms with Crippen LogP contribution >= 0.6 is 23.2 Å². The van der Waals surface area contributed by atoms with E-state index in [2.05, 4.69) is 26.7 Å². The number of ether oxygens (including phenoxy) is 4. The van der Waals surface area contributed by atoms with Gasteiger partial charge in [-0.05, 0) is 82.6 Å². The van der Waals surface area contributed by atoms with Gasteiger partial charge in [-0.15, -0.1) is 0 Å². The Kier molecular flexibility index (Phi) is 20.1. The van der Waals surface area contributed by atoms with Crippen LogP contribution in [0.25, 0.3) is 11.1 Å². The molecule has 0 fully saturated rings. The molecular formula is C64H60Cl2N6O10. The molecule has 0 bridgehead atoms. The second-order valence-corrected chi connectivity index (χ2v) is 20.5. The monoisotopic (exact) mass is 1140 g/mol. The van der Waals surface area contributed by atoms with Gasteiger partial charge in [-0.3, -0.25) is 30.2 Å². The zero-order valence-electron chi connectivity index (χ0n) is 45.0. The summed E-state index contributed by atoms with van der Waals surface area (Å²) in [5.41, 5.74) is 6.77. The van der Waals surface area contributed by atoms with Crippen molar-refractivity contribution < 1.29 is 49.0 Å². The number of nitriles is 1. The number of aliphatic carboxylic acids is 2. The lowest BCUT2D eigenvalue weighted by Crippen LogP contribution is -2.56. The van der Waals surface area contributed by atoms with Gasteiger partial charge in [-0.1, -0.05) is 120 Å². The molecule has 0 amide bonds. The fourth-order valence-corrected chi connectivity index (χ4v) is 9.79. The molecule has 0 spiro atoms. The number of aliphatic hydroxyl groups is 2. The van der Waals surface area contributed by atoms with Crippen molar-refractivity contribution in [2.45, 2.75) is 77.3 Å². The number of carbonyl (C=O) groups is 2. The fourth-order valence-electron chi connectivity index (χ4n) is 9.31. The van der Waals surface area contributed by atoms with Gasteiger partial charge < -0.3 is 44.8 Å². The maximum atomic E-state index is 12.8. The van der Waals surface area contributed by atoms with Gasteiger partial charge in [-0.2, -0.15) is 5.26 Å². The third-order valence-corrected chi connectivity index (χ3v) is 14.8. The predicted octanol–water partition coefficient (Wildman–Crippen LogP) is 10.5. The van der Waals surface area contributed by atoms with E-state index in [1.165, 1.54) is 12.4 Å². The van der Waals surface area contributed by atoms with Crippen LogP contribution < -0.4 is 29.6 Å². The molecule has 7 N–H and O–H groups in total. The van der Waals surface area contributed by atoms with E-state index in [0.29, 0.717) is 61.9 Å². The molecule has 0 saturated heterocycles. The molecule has 82 heavy (non-hydrogen) atoms. The molecule has 6 aromatic carbocycles. The number of nitrogens with one attached hydrogen (secondary N) is 3. The van der Waals surface area contributed by atoms with Crippen molar-refractivity contribution in [3.8, 4) is 40.2 Å². The first-order valence-electron chi connectivity index (χ1n) is 26.0. The molecule has 420 valence electrons. The predicted molar refractivity (Wildman–Crippen MR) is 312 cm³/mol. The van der Waals surface area contributed by atoms with E-state index in [4.69, 9.17) is 47.6 Å². The summed E-state index contributed by atoms with van der Waals surface area (Å²) in [6.07, 6.45) is 7.42. The minimum absolute atomic E-state index is 0.0000809. The van der Waals surface area contributed by atoms with Crippen LogP contribution in [0.15, 0.2) is 158 Å². The Labute approximate surface area is 485 Å². The Morgan fingerprint density at radius 2 is 1.00 bits per heavy atom. The number of carboxylic acids is 2. The zero-order valence-corrected chi connectivity index (χ0v) is 46.5. The minimum atomic E-state index is -1.74. The normalized spacial score (nSPS) is 12.5. The van der Waals surface area contributed by atoms with Crippen LogP contribution in [0, 0.1) is 30.6 Å². The quantitative estimate of drug-likeness (QED) is 0.0225. The molecule has 2 atom stereocenters. The molecule has 2 aromatic heterocycles. The third kappa shape index (κ3) is 14.6. The number of aliphatic hydroxyl groups excluding tert-OH is 2. The number of hydrogen-bond acceptors (Lipinski definition) is 14. The van der Waals surface area contributed by atoms with E-state index in [1.807, 2.05) is 62.4 Å². The number of carboxylic acid groups (broad SMARTS) is 2. The molecule has 0 radical (unpaired) electrons. The third-order valence-electron chi connectivity index (χ3n) is 14.2. The zero-order chi connectivity index (χ0) is 58.2. The first kappa shape index (κ1) is 59.5. The molecule has 18 heteroatoms. The highest BCUT2D eigenvalue weighted by Crippen LogP contribution is 2.38. The Bertz CT molecular complexity index is 3600. The first-order valence-corrected chi connectivity index (χ1v) is 26.8. The standard InChI is InChI=1S/C64H60Cl2N6O10/c1-41-49(37-81-59-23-57(79-35-47-19-45(27-67)29-69-31-47)51(21-55(59)65)33-71-63(39-73,61(75)76)25-43-11-5-3-6-12-43)15-9-17-53(41)54-18-10-16-50(42(54)2)38-82-60-24-58(80-36-48-20-46(28-68)30-70-32-48)52(22-56(60)66)34-72-64(40-74,62(77)78)26-44-13-7-4-8-14-44/h3-24,27,29-32,67,71-74H,25-26,33-40H2,1-2H3,(H,75,76)(H,77,78). The summed E-state index contributed by atoms with van der Waals surface area (Å²) in [6.45, 7) is 2.84.